The van der Waals surface area contributed by atoms with Crippen LogP contribution in [0.3, 0.4) is 0 Å². The molecular formula is C15H22BrN2O4S+. The average molecular weight is 406 g/mol. The molecule has 1 heterocycles. The number of hydrogen-bond acceptors (Lipinski definition) is 4. The van der Waals surface area contributed by atoms with Gasteiger partial charge in [0.1, 0.15) is 12.3 Å². The molecule has 2 atom stereocenters. The third kappa shape index (κ3) is 5.47. The summed E-state index contributed by atoms with van der Waals surface area (Å²) in [5.74, 6) is 0.876. The van der Waals surface area contributed by atoms with Crippen LogP contribution in [0.2, 0.25) is 0 Å². The average Bonchev–Trinajstić information content (AvgIpc) is 2.77. The molecule has 0 bridgehead atoms. The summed E-state index contributed by atoms with van der Waals surface area (Å²) in [4.78, 5) is 13.1. The van der Waals surface area contributed by atoms with E-state index in [1.54, 1.807) is 7.11 Å². The van der Waals surface area contributed by atoms with Gasteiger partial charge in [0.25, 0.3) is 5.91 Å². The third-order valence-corrected chi connectivity index (χ3v) is 6.06. The van der Waals surface area contributed by atoms with Crippen LogP contribution in [0.4, 0.5) is 0 Å². The van der Waals surface area contributed by atoms with Crippen LogP contribution >= 0.6 is 15.9 Å². The molecule has 23 heavy (non-hydrogen) atoms. The molecule has 2 N–H and O–H groups in total. The van der Waals surface area contributed by atoms with Gasteiger partial charge in [-0.25, -0.2) is 8.42 Å². The van der Waals surface area contributed by atoms with E-state index < -0.39 is 9.84 Å². The van der Waals surface area contributed by atoms with E-state index in [2.05, 4.69) is 21.2 Å². The van der Waals surface area contributed by atoms with Crippen LogP contribution in [-0.2, 0) is 21.2 Å². The molecule has 1 saturated heterocycles. The summed E-state index contributed by atoms with van der Waals surface area (Å²) in [7, 11) is 0.567. The van der Waals surface area contributed by atoms with E-state index in [4.69, 9.17) is 4.74 Å². The fourth-order valence-corrected chi connectivity index (χ4v) is 4.82. The number of nitrogens with one attached hydrogen (secondary N) is 2. The normalized spacial score (nSPS) is 20.9. The number of benzene rings is 1. The Morgan fingerprint density at radius 2 is 2.22 bits per heavy atom. The lowest BCUT2D eigenvalue weighted by Gasteiger charge is -2.17. The summed E-state index contributed by atoms with van der Waals surface area (Å²) < 4.78 is 29.1. The first kappa shape index (κ1) is 18.2. The van der Waals surface area contributed by atoms with Crippen molar-refractivity contribution >= 4 is 31.7 Å². The van der Waals surface area contributed by atoms with Crippen molar-refractivity contribution in [3.63, 3.8) is 0 Å². The number of carbonyl (C=O) groups excluding carboxylic acids is 1. The van der Waals surface area contributed by atoms with Gasteiger partial charge in [0, 0.05) is 16.1 Å². The number of sulfone groups is 1. The summed E-state index contributed by atoms with van der Waals surface area (Å²) in [6.45, 7) is 0.922. The van der Waals surface area contributed by atoms with Gasteiger partial charge in [-0.1, -0.05) is 15.9 Å². The van der Waals surface area contributed by atoms with Crippen molar-refractivity contribution in [1.29, 1.82) is 0 Å². The quantitative estimate of drug-likeness (QED) is 0.685. The van der Waals surface area contributed by atoms with E-state index >= 15 is 0 Å². The molecule has 0 radical (unpaired) electrons. The molecule has 0 aromatic heterocycles. The highest BCUT2D eigenvalue weighted by Crippen LogP contribution is 2.22. The Bertz CT molecular complexity index is 678. The van der Waals surface area contributed by atoms with Crippen LogP contribution in [0.25, 0.3) is 0 Å². The maximum atomic E-state index is 12.1. The van der Waals surface area contributed by atoms with Gasteiger partial charge in [-0.15, -0.1) is 0 Å². The minimum Gasteiger partial charge on any atom is -0.496 e. The van der Waals surface area contributed by atoms with Crippen molar-refractivity contribution < 1.29 is 22.8 Å². The van der Waals surface area contributed by atoms with E-state index in [1.807, 2.05) is 25.2 Å². The van der Waals surface area contributed by atoms with E-state index in [-0.39, 0.29) is 30.0 Å². The maximum absolute atomic E-state index is 12.1. The molecule has 1 fully saturated rings. The molecule has 1 aromatic rings. The Kier molecular flexibility index (Phi) is 6.05. The molecule has 0 spiro atoms. The van der Waals surface area contributed by atoms with Gasteiger partial charge in [-0.3, -0.25) is 4.79 Å². The first-order chi connectivity index (χ1) is 10.8. The number of likely N-dealkylation sites (N-methyl/N-ethyl adjacent to an activating group) is 1. The maximum Gasteiger partial charge on any atom is 0.275 e. The molecule has 1 aliphatic heterocycles. The van der Waals surface area contributed by atoms with E-state index in [0.29, 0.717) is 13.0 Å². The second-order valence-electron chi connectivity index (χ2n) is 5.93. The zero-order chi connectivity index (χ0) is 17.0. The standard InChI is InChI=1S/C15H21BrN2O4S/c1-18(8-11-7-12(16)3-4-14(11)22-2)9-15(19)17-13-5-6-23(20,21)10-13/h3-4,7,13H,5-6,8-10H2,1-2H3,(H,17,19)/p+1/t13-/m1/s1. The largest absolute Gasteiger partial charge is 0.496 e. The molecule has 2 rings (SSSR count). The molecule has 128 valence electrons. The number of quaternary nitrogens is 1. The van der Waals surface area contributed by atoms with Crippen molar-refractivity contribution in [1.82, 2.24) is 5.32 Å². The van der Waals surface area contributed by atoms with Crippen molar-refractivity contribution in [2.45, 2.75) is 19.0 Å². The fourth-order valence-electron chi connectivity index (χ4n) is 2.73. The molecule has 1 aliphatic rings. The monoisotopic (exact) mass is 405 g/mol. The summed E-state index contributed by atoms with van der Waals surface area (Å²) >= 11 is 3.43. The van der Waals surface area contributed by atoms with Crippen LogP contribution in [0, 0.1) is 0 Å². The lowest BCUT2D eigenvalue weighted by Crippen LogP contribution is -3.09. The Balaban J connectivity index is 1.88. The Labute approximate surface area is 145 Å². The summed E-state index contributed by atoms with van der Waals surface area (Å²) in [6, 6.07) is 5.52. The molecular weight excluding hydrogens is 384 g/mol. The number of halogens is 1. The first-order valence-electron chi connectivity index (χ1n) is 7.42. The SMILES string of the molecule is COc1ccc(Br)cc1C[NH+](C)CC(=O)N[C@@H]1CCS(=O)(=O)C1. The van der Waals surface area contributed by atoms with Crippen LogP contribution in [0.15, 0.2) is 22.7 Å². The van der Waals surface area contributed by atoms with E-state index in [0.717, 1.165) is 20.7 Å². The number of hydrogen-bond donors (Lipinski definition) is 2. The number of methoxy groups -OCH3 is 1. The van der Waals surface area contributed by atoms with Gasteiger partial charge < -0.3 is 15.0 Å². The van der Waals surface area contributed by atoms with Crippen LogP contribution in [-0.4, -0.2) is 52.6 Å². The van der Waals surface area contributed by atoms with Gasteiger partial charge >= 0.3 is 0 Å². The lowest BCUT2D eigenvalue weighted by molar-refractivity contribution is -0.885. The Morgan fingerprint density at radius 1 is 1.48 bits per heavy atom. The zero-order valence-electron chi connectivity index (χ0n) is 13.3. The highest BCUT2D eigenvalue weighted by atomic mass is 79.9. The third-order valence-electron chi connectivity index (χ3n) is 3.79. The minimum absolute atomic E-state index is 0.0528. The van der Waals surface area contributed by atoms with Gasteiger partial charge in [-0.2, -0.15) is 0 Å². The van der Waals surface area contributed by atoms with E-state index in [1.165, 1.54) is 0 Å². The topological polar surface area (TPSA) is 76.9 Å². The number of ether oxygens (including phenoxy) is 1. The smallest absolute Gasteiger partial charge is 0.275 e. The summed E-state index contributed by atoms with van der Waals surface area (Å²) in [5, 5.41) is 2.81. The van der Waals surface area contributed by atoms with Crippen molar-refractivity contribution in [2.24, 2.45) is 0 Å². The zero-order valence-corrected chi connectivity index (χ0v) is 15.7. The summed E-state index contributed by atoms with van der Waals surface area (Å²) in [5.41, 5.74) is 1.01. The minimum atomic E-state index is -2.98. The van der Waals surface area contributed by atoms with Crippen LogP contribution < -0.4 is 15.0 Å². The van der Waals surface area contributed by atoms with Crippen molar-refractivity contribution in [3.8, 4) is 5.75 Å². The molecule has 0 saturated carbocycles. The summed E-state index contributed by atoms with van der Waals surface area (Å²) in [6.07, 6.45) is 0.507. The van der Waals surface area contributed by atoms with Gasteiger partial charge in [0.15, 0.2) is 16.4 Å². The van der Waals surface area contributed by atoms with Crippen molar-refractivity contribution in [3.05, 3.63) is 28.2 Å². The van der Waals surface area contributed by atoms with Crippen LogP contribution in [0.5, 0.6) is 5.75 Å². The van der Waals surface area contributed by atoms with Crippen LogP contribution in [0.1, 0.15) is 12.0 Å². The fraction of sp³-hybridized carbons (Fsp3) is 0.533. The number of rotatable bonds is 6. The van der Waals surface area contributed by atoms with Crippen molar-refractivity contribution in [2.75, 3.05) is 32.2 Å². The second-order valence-corrected chi connectivity index (χ2v) is 9.08. The molecule has 0 aliphatic carbocycles. The van der Waals surface area contributed by atoms with Gasteiger partial charge in [0.2, 0.25) is 0 Å². The molecule has 6 nitrogen and oxygen atoms in total. The molecule has 8 heteroatoms. The molecule has 1 unspecified atom stereocenters. The van der Waals surface area contributed by atoms with Gasteiger partial charge in [0.05, 0.1) is 25.7 Å². The molecule has 1 amide bonds. The number of amides is 1. The lowest BCUT2D eigenvalue weighted by atomic mass is 10.2. The van der Waals surface area contributed by atoms with Gasteiger partial charge in [-0.05, 0) is 24.6 Å². The highest BCUT2D eigenvalue weighted by Gasteiger charge is 2.29. The first-order valence-corrected chi connectivity index (χ1v) is 10.0. The Hall–Kier alpha value is -1.12. The second kappa shape index (κ2) is 7.63. The predicted molar refractivity (Wildman–Crippen MR) is 91.4 cm³/mol. The molecule has 1 aromatic carbocycles. The van der Waals surface area contributed by atoms with E-state index in [9.17, 15) is 13.2 Å². The predicted octanol–water partition coefficient (Wildman–Crippen LogP) is -0.224. The highest BCUT2D eigenvalue weighted by molar-refractivity contribution is 9.10. The Morgan fingerprint density at radius 3 is 2.83 bits per heavy atom. The number of carbonyl (C=O) groups is 1.